The van der Waals surface area contributed by atoms with Gasteiger partial charge in [-0.15, -0.1) is 11.3 Å². The normalized spacial score (nSPS) is 20.6. The molecule has 3 aromatic rings. The molecular weight excluding hydrogens is 476 g/mol. The molecule has 1 aliphatic heterocycles. The van der Waals surface area contributed by atoms with Gasteiger partial charge in [0.1, 0.15) is 16.8 Å². The van der Waals surface area contributed by atoms with Gasteiger partial charge in [-0.05, 0) is 64.6 Å². The summed E-state index contributed by atoms with van der Waals surface area (Å²) in [5.74, 6) is 1.57. The number of aliphatic hydroxyl groups excluding tert-OH is 1. The van der Waals surface area contributed by atoms with Crippen molar-refractivity contribution in [3.8, 4) is 17.6 Å². The van der Waals surface area contributed by atoms with E-state index >= 15 is 0 Å². The van der Waals surface area contributed by atoms with Crippen molar-refractivity contribution < 1.29 is 9.63 Å². The molecule has 0 aromatic carbocycles. The molecule has 4 heterocycles. The Balaban J connectivity index is 1.36. The summed E-state index contributed by atoms with van der Waals surface area (Å²) in [6.45, 7) is 7.02. The van der Waals surface area contributed by atoms with Crippen molar-refractivity contribution in [3.05, 3.63) is 34.2 Å². The van der Waals surface area contributed by atoms with E-state index in [2.05, 4.69) is 32.9 Å². The molecule has 3 aromatic heterocycles. The van der Waals surface area contributed by atoms with Crippen LogP contribution in [-0.2, 0) is 11.8 Å². The van der Waals surface area contributed by atoms with E-state index in [4.69, 9.17) is 25.3 Å². The maximum atomic E-state index is 9.75. The topological polar surface area (TPSA) is 141 Å². The molecule has 1 fully saturated rings. The van der Waals surface area contributed by atoms with Crippen LogP contribution in [0.2, 0.25) is 0 Å². The van der Waals surface area contributed by atoms with Crippen LogP contribution in [0, 0.1) is 11.3 Å². The Kier molecular flexibility index (Phi) is 7.18. The summed E-state index contributed by atoms with van der Waals surface area (Å²) in [7, 11) is 0. The number of hydrogen-bond acceptors (Lipinski definition) is 11. The number of nitriles is 1. The highest BCUT2D eigenvalue weighted by Crippen LogP contribution is 2.48. The Bertz CT molecular complexity index is 1250. The summed E-state index contributed by atoms with van der Waals surface area (Å²) in [5, 5.41) is 23.6. The second-order valence-corrected chi connectivity index (χ2v) is 10.9. The summed E-state index contributed by atoms with van der Waals surface area (Å²) < 4.78 is 5.79. The van der Waals surface area contributed by atoms with Crippen LogP contribution in [0.1, 0.15) is 60.9 Å². The van der Waals surface area contributed by atoms with Gasteiger partial charge in [-0.25, -0.2) is 9.97 Å². The van der Waals surface area contributed by atoms with Gasteiger partial charge in [0.2, 0.25) is 17.7 Å². The Morgan fingerprint density at radius 2 is 2.11 bits per heavy atom. The number of nitrogen functional groups attached to an aromatic ring is 1. The Morgan fingerprint density at radius 1 is 1.22 bits per heavy atom. The predicted molar refractivity (Wildman–Crippen MR) is 138 cm³/mol. The van der Waals surface area contributed by atoms with Crippen molar-refractivity contribution in [2.45, 2.75) is 50.9 Å². The molecule has 2 aliphatic rings. The number of fused-ring (bicyclic) bond motifs is 1. The SMILES string of the molecule is C[C@]1(c2nc(-c3ccnc(N4CCCN(CCCCO)CC4)n3)no2)CCCc2sc(N)c(C#N)c21. The maximum absolute atomic E-state index is 9.75. The molecule has 1 atom stereocenters. The smallest absolute Gasteiger partial charge is 0.237 e. The molecule has 1 saturated heterocycles. The number of thiophene rings is 1. The van der Waals surface area contributed by atoms with Gasteiger partial charge in [0.25, 0.3) is 0 Å². The Labute approximate surface area is 214 Å². The lowest BCUT2D eigenvalue weighted by molar-refractivity contribution is 0.250. The highest BCUT2D eigenvalue weighted by atomic mass is 32.1. The Morgan fingerprint density at radius 3 is 2.94 bits per heavy atom. The highest BCUT2D eigenvalue weighted by Gasteiger charge is 2.43. The number of rotatable bonds is 7. The van der Waals surface area contributed by atoms with Gasteiger partial charge in [0, 0.05) is 42.9 Å². The number of hydrogen-bond donors (Lipinski definition) is 2. The number of aliphatic hydroxyl groups is 1. The maximum Gasteiger partial charge on any atom is 0.237 e. The van der Waals surface area contributed by atoms with Gasteiger partial charge in [-0.1, -0.05) is 5.16 Å². The second-order valence-electron chi connectivity index (χ2n) is 9.71. The first-order chi connectivity index (χ1) is 17.5. The van der Waals surface area contributed by atoms with Crippen molar-refractivity contribution in [2.24, 2.45) is 0 Å². The monoisotopic (exact) mass is 508 g/mol. The Hall–Kier alpha value is -3.07. The van der Waals surface area contributed by atoms with Gasteiger partial charge in [-0.2, -0.15) is 10.2 Å². The van der Waals surface area contributed by atoms with Gasteiger partial charge in [0.05, 0.1) is 11.0 Å². The van der Waals surface area contributed by atoms with E-state index in [0.29, 0.717) is 33.9 Å². The summed E-state index contributed by atoms with van der Waals surface area (Å²) >= 11 is 1.49. The number of unbranched alkanes of at least 4 members (excludes halogenated alkanes) is 1. The van der Waals surface area contributed by atoms with Crippen molar-refractivity contribution >= 4 is 22.3 Å². The summed E-state index contributed by atoms with van der Waals surface area (Å²) in [5.41, 5.74) is 7.69. The molecule has 36 heavy (non-hydrogen) atoms. The first-order valence-electron chi connectivity index (χ1n) is 12.6. The van der Waals surface area contributed by atoms with E-state index in [0.717, 1.165) is 81.7 Å². The summed E-state index contributed by atoms with van der Waals surface area (Å²) in [6, 6.07) is 4.09. The quantitative estimate of drug-likeness (QED) is 0.457. The van der Waals surface area contributed by atoms with E-state index in [-0.39, 0.29) is 6.61 Å². The molecule has 10 nitrogen and oxygen atoms in total. The average Bonchev–Trinajstić information content (AvgIpc) is 3.44. The van der Waals surface area contributed by atoms with E-state index in [1.165, 1.54) is 11.3 Å². The van der Waals surface area contributed by atoms with Gasteiger partial charge in [0.15, 0.2) is 0 Å². The third-order valence-electron chi connectivity index (χ3n) is 7.28. The van der Waals surface area contributed by atoms with Crippen LogP contribution in [0.3, 0.4) is 0 Å². The molecular formula is C25H32N8O2S. The van der Waals surface area contributed by atoms with E-state index in [9.17, 15) is 5.26 Å². The van der Waals surface area contributed by atoms with Crippen LogP contribution in [-0.4, -0.2) is 69.4 Å². The highest BCUT2D eigenvalue weighted by molar-refractivity contribution is 7.16. The van der Waals surface area contributed by atoms with Crippen LogP contribution in [0.5, 0.6) is 0 Å². The molecule has 190 valence electrons. The second kappa shape index (κ2) is 10.5. The molecule has 5 rings (SSSR count). The summed E-state index contributed by atoms with van der Waals surface area (Å²) in [4.78, 5) is 19.8. The number of anilines is 2. The van der Waals surface area contributed by atoms with Crippen LogP contribution < -0.4 is 10.6 Å². The van der Waals surface area contributed by atoms with Crippen LogP contribution in [0.15, 0.2) is 16.8 Å². The number of nitrogens with zero attached hydrogens (tertiary/aromatic N) is 7. The van der Waals surface area contributed by atoms with E-state index < -0.39 is 5.41 Å². The van der Waals surface area contributed by atoms with E-state index in [1.54, 1.807) is 12.3 Å². The molecule has 0 amide bonds. The largest absolute Gasteiger partial charge is 0.396 e. The van der Waals surface area contributed by atoms with Crippen molar-refractivity contribution in [2.75, 3.05) is 50.0 Å². The molecule has 0 spiro atoms. The van der Waals surface area contributed by atoms with Crippen molar-refractivity contribution in [1.82, 2.24) is 25.0 Å². The zero-order chi connectivity index (χ0) is 25.1. The predicted octanol–water partition coefficient (Wildman–Crippen LogP) is 2.97. The molecule has 0 radical (unpaired) electrons. The average molecular weight is 509 g/mol. The molecule has 3 N–H and O–H groups in total. The van der Waals surface area contributed by atoms with Gasteiger partial charge in [-0.3, -0.25) is 0 Å². The lowest BCUT2D eigenvalue weighted by Gasteiger charge is -2.30. The fourth-order valence-corrected chi connectivity index (χ4v) is 6.52. The first-order valence-corrected chi connectivity index (χ1v) is 13.4. The van der Waals surface area contributed by atoms with Crippen LogP contribution in [0.25, 0.3) is 11.5 Å². The molecule has 11 heteroatoms. The van der Waals surface area contributed by atoms with Crippen LogP contribution >= 0.6 is 11.3 Å². The lowest BCUT2D eigenvalue weighted by atomic mass is 9.72. The number of aromatic nitrogens is 4. The van der Waals surface area contributed by atoms with Crippen LogP contribution in [0.4, 0.5) is 10.9 Å². The molecule has 0 unspecified atom stereocenters. The fourth-order valence-electron chi connectivity index (χ4n) is 5.33. The van der Waals surface area contributed by atoms with Crippen molar-refractivity contribution in [1.29, 1.82) is 5.26 Å². The molecule has 1 aliphatic carbocycles. The number of nitrogens with two attached hydrogens (primary N) is 1. The minimum atomic E-state index is -0.557. The minimum absolute atomic E-state index is 0.250. The molecule has 0 bridgehead atoms. The third kappa shape index (κ3) is 4.68. The third-order valence-corrected chi connectivity index (χ3v) is 8.36. The minimum Gasteiger partial charge on any atom is -0.396 e. The zero-order valence-corrected chi connectivity index (χ0v) is 21.4. The lowest BCUT2D eigenvalue weighted by Crippen LogP contribution is -2.32. The van der Waals surface area contributed by atoms with E-state index in [1.807, 2.05) is 0 Å². The standard InChI is InChI=1S/C25H32N8O2S/c1-25(8-4-6-19-20(25)17(16-26)21(27)36-19)23-30-22(31-35-23)18-7-9-28-24(29-18)33-12-5-11-32(13-14-33)10-2-3-15-34/h7,9,34H,2-6,8,10-15,27H2,1H3/t25-/m0/s1. The van der Waals surface area contributed by atoms with Crippen molar-refractivity contribution in [3.63, 3.8) is 0 Å². The van der Waals surface area contributed by atoms with Gasteiger partial charge >= 0.3 is 0 Å². The number of aryl methyl sites for hydroxylation is 1. The zero-order valence-electron chi connectivity index (χ0n) is 20.6. The van der Waals surface area contributed by atoms with Gasteiger partial charge < -0.3 is 25.2 Å². The first kappa shape index (κ1) is 24.6. The fraction of sp³-hybridized carbons (Fsp3) is 0.560. The summed E-state index contributed by atoms with van der Waals surface area (Å²) in [6.07, 6.45) is 7.31. The molecule has 0 saturated carbocycles.